The second kappa shape index (κ2) is 4.61. The molecule has 0 unspecified atom stereocenters. The van der Waals surface area contributed by atoms with Gasteiger partial charge in [0.05, 0.1) is 18.3 Å². The van der Waals surface area contributed by atoms with Crippen LogP contribution in [0.4, 0.5) is 0 Å². The molecule has 84 valence electrons. The smallest absolute Gasteiger partial charge is 0.235 e. The van der Waals surface area contributed by atoms with E-state index in [0.29, 0.717) is 6.54 Å². The number of aromatic nitrogens is 3. The molecule has 1 heterocycles. The van der Waals surface area contributed by atoms with Gasteiger partial charge < -0.3 is 5.32 Å². The molecule has 0 saturated heterocycles. The zero-order chi connectivity index (χ0) is 11.5. The summed E-state index contributed by atoms with van der Waals surface area (Å²) in [5.74, 6) is -0.241. The maximum Gasteiger partial charge on any atom is 0.235 e. The summed E-state index contributed by atoms with van der Waals surface area (Å²) < 4.78 is 1.76. The Labute approximate surface area is 93.8 Å². The number of nitrogens with one attached hydrogen (secondary N) is 1. The number of rotatable bonds is 3. The predicted octanol–water partition coefficient (Wildman–Crippen LogP) is 0.888. The molecule has 0 saturated carbocycles. The van der Waals surface area contributed by atoms with E-state index < -0.39 is 0 Å². The van der Waals surface area contributed by atoms with Gasteiger partial charge in [0.25, 0.3) is 0 Å². The number of hydrogen-bond donors (Lipinski definition) is 1. The maximum absolute atomic E-state index is 10.9. The van der Waals surface area contributed by atoms with E-state index in [1.807, 2.05) is 27.0 Å². The molecule has 0 aliphatic heterocycles. The van der Waals surface area contributed by atoms with Crippen LogP contribution in [0.15, 0.2) is 6.20 Å². The molecule has 0 spiro atoms. The number of carbonyl (C=O) groups excluding carboxylic acids is 1. The van der Waals surface area contributed by atoms with Gasteiger partial charge in [-0.1, -0.05) is 5.21 Å². The molecular weight excluding hydrogens is 216 g/mol. The maximum atomic E-state index is 10.9. The second-order valence-corrected chi connectivity index (χ2v) is 4.50. The molecular formula is C9H15ClN4O. The third-order valence-electron chi connectivity index (χ3n) is 1.82. The van der Waals surface area contributed by atoms with E-state index in [0.717, 1.165) is 5.69 Å². The van der Waals surface area contributed by atoms with Gasteiger partial charge in [0.2, 0.25) is 5.91 Å². The number of alkyl halides is 1. The number of hydrogen-bond acceptors (Lipinski definition) is 3. The largest absolute Gasteiger partial charge is 0.349 e. The highest BCUT2D eigenvalue weighted by atomic mass is 35.5. The van der Waals surface area contributed by atoms with Crippen LogP contribution in [-0.4, -0.2) is 26.8 Å². The van der Waals surface area contributed by atoms with Crippen molar-refractivity contribution in [2.45, 2.75) is 32.9 Å². The summed E-state index contributed by atoms with van der Waals surface area (Å²) in [5.41, 5.74) is 0.630. The van der Waals surface area contributed by atoms with Gasteiger partial charge in [0.15, 0.2) is 0 Å². The van der Waals surface area contributed by atoms with Crippen molar-refractivity contribution in [3.8, 4) is 0 Å². The fraction of sp³-hybridized carbons (Fsp3) is 0.667. The summed E-state index contributed by atoms with van der Waals surface area (Å²) >= 11 is 5.34. The second-order valence-electron chi connectivity index (χ2n) is 4.24. The summed E-state index contributed by atoms with van der Waals surface area (Å²) in [6.45, 7) is 6.45. The van der Waals surface area contributed by atoms with E-state index in [2.05, 4.69) is 15.6 Å². The topological polar surface area (TPSA) is 59.8 Å². The van der Waals surface area contributed by atoms with E-state index >= 15 is 0 Å². The van der Waals surface area contributed by atoms with E-state index in [9.17, 15) is 4.79 Å². The molecule has 6 heteroatoms. The lowest BCUT2D eigenvalue weighted by Crippen LogP contribution is -2.24. The average Bonchev–Trinajstić information content (AvgIpc) is 2.61. The minimum absolute atomic E-state index is 0.0343. The van der Waals surface area contributed by atoms with Crippen molar-refractivity contribution in [1.82, 2.24) is 20.3 Å². The SMILES string of the molecule is CC(C)(C)n1cc(CNC(=O)CCl)nn1. The molecule has 0 fully saturated rings. The zero-order valence-electron chi connectivity index (χ0n) is 9.12. The quantitative estimate of drug-likeness (QED) is 0.785. The number of carbonyl (C=O) groups is 1. The molecule has 1 aromatic heterocycles. The van der Waals surface area contributed by atoms with Crippen LogP contribution >= 0.6 is 11.6 Å². The van der Waals surface area contributed by atoms with Crippen LogP contribution in [0.1, 0.15) is 26.5 Å². The number of amides is 1. The first kappa shape index (κ1) is 12.0. The highest BCUT2D eigenvalue weighted by Crippen LogP contribution is 2.11. The number of nitrogens with zero attached hydrogens (tertiary/aromatic N) is 3. The van der Waals surface area contributed by atoms with Crippen molar-refractivity contribution >= 4 is 17.5 Å². The molecule has 1 aromatic rings. The molecule has 0 aliphatic carbocycles. The molecule has 1 amide bonds. The molecule has 0 radical (unpaired) electrons. The van der Waals surface area contributed by atoms with Gasteiger partial charge in [-0.15, -0.1) is 16.7 Å². The Kier molecular flexibility index (Phi) is 3.68. The van der Waals surface area contributed by atoms with Crippen molar-refractivity contribution in [3.63, 3.8) is 0 Å². The van der Waals surface area contributed by atoms with Crippen molar-refractivity contribution in [2.75, 3.05) is 5.88 Å². The molecule has 0 aromatic carbocycles. The first-order valence-corrected chi connectivity index (χ1v) is 5.21. The van der Waals surface area contributed by atoms with Crippen molar-refractivity contribution in [2.24, 2.45) is 0 Å². The minimum Gasteiger partial charge on any atom is -0.349 e. The molecule has 5 nitrogen and oxygen atoms in total. The van der Waals surface area contributed by atoms with Gasteiger partial charge in [-0.05, 0) is 20.8 Å². The van der Waals surface area contributed by atoms with E-state index in [4.69, 9.17) is 11.6 Å². The lowest BCUT2D eigenvalue weighted by atomic mass is 10.1. The summed E-state index contributed by atoms with van der Waals surface area (Å²) in [6.07, 6.45) is 1.81. The first-order chi connectivity index (χ1) is 6.93. The van der Waals surface area contributed by atoms with Crippen LogP contribution in [-0.2, 0) is 16.9 Å². The van der Waals surface area contributed by atoms with E-state index in [-0.39, 0.29) is 17.3 Å². The average molecular weight is 231 g/mol. The minimum atomic E-state index is -0.207. The number of halogens is 1. The molecule has 15 heavy (non-hydrogen) atoms. The Morgan fingerprint density at radius 2 is 2.27 bits per heavy atom. The van der Waals surface area contributed by atoms with Gasteiger partial charge in [0.1, 0.15) is 11.6 Å². The summed E-state index contributed by atoms with van der Waals surface area (Å²) in [5, 5.41) is 10.5. The fourth-order valence-electron chi connectivity index (χ4n) is 0.944. The first-order valence-electron chi connectivity index (χ1n) is 4.68. The molecule has 1 rings (SSSR count). The lowest BCUT2D eigenvalue weighted by molar-refractivity contribution is -0.118. The van der Waals surface area contributed by atoms with Crippen molar-refractivity contribution in [3.05, 3.63) is 11.9 Å². The molecule has 0 aliphatic rings. The van der Waals surface area contributed by atoms with Gasteiger partial charge in [-0.3, -0.25) is 4.79 Å². The Morgan fingerprint density at radius 1 is 1.60 bits per heavy atom. The van der Waals surface area contributed by atoms with Crippen LogP contribution in [0.3, 0.4) is 0 Å². The van der Waals surface area contributed by atoms with Crippen molar-refractivity contribution < 1.29 is 4.79 Å². The van der Waals surface area contributed by atoms with Crippen molar-refractivity contribution in [1.29, 1.82) is 0 Å². The predicted molar refractivity (Wildman–Crippen MR) is 57.6 cm³/mol. The van der Waals surface area contributed by atoms with Crippen LogP contribution in [0.25, 0.3) is 0 Å². The highest BCUT2D eigenvalue weighted by molar-refractivity contribution is 6.27. The van der Waals surface area contributed by atoms with Crippen LogP contribution < -0.4 is 5.32 Å². The normalized spacial score (nSPS) is 11.5. The molecule has 0 bridgehead atoms. The molecule has 0 atom stereocenters. The summed E-state index contributed by atoms with van der Waals surface area (Å²) in [4.78, 5) is 10.9. The third-order valence-corrected chi connectivity index (χ3v) is 2.06. The van der Waals surface area contributed by atoms with Gasteiger partial charge in [0, 0.05) is 0 Å². The Bertz CT molecular complexity index is 342. The Morgan fingerprint density at radius 3 is 2.73 bits per heavy atom. The molecule has 1 N–H and O–H groups in total. The fourth-order valence-corrected chi connectivity index (χ4v) is 1.04. The Balaban J connectivity index is 2.58. The highest BCUT2D eigenvalue weighted by Gasteiger charge is 2.14. The van der Waals surface area contributed by atoms with Crippen LogP contribution in [0, 0.1) is 0 Å². The Hall–Kier alpha value is -1.10. The van der Waals surface area contributed by atoms with Crippen LogP contribution in [0.2, 0.25) is 0 Å². The summed E-state index contributed by atoms with van der Waals surface area (Å²) in [6, 6.07) is 0. The van der Waals surface area contributed by atoms with Gasteiger partial charge in [-0.25, -0.2) is 4.68 Å². The standard InChI is InChI=1S/C9H15ClN4O/c1-9(2,3)14-6-7(12-13-14)5-11-8(15)4-10/h6H,4-5H2,1-3H3,(H,11,15). The van der Waals surface area contributed by atoms with Gasteiger partial charge >= 0.3 is 0 Å². The summed E-state index contributed by atoms with van der Waals surface area (Å²) in [7, 11) is 0. The lowest BCUT2D eigenvalue weighted by Gasteiger charge is -2.17. The third kappa shape index (κ3) is 3.51. The van der Waals surface area contributed by atoms with E-state index in [1.54, 1.807) is 4.68 Å². The van der Waals surface area contributed by atoms with Gasteiger partial charge in [-0.2, -0.15) is 0 Å². The monoisotopic (exact) mass is 230 g/mol. The zero-order valence-corrected chi connectivity index (χ0v) is 9.88. The van der Waals surface area contributed by atoms with E-state index in [1.165, 1.54) is 0 Å². The van der Waals surface area contributed by atoms with Crippen LogP contribution in [0.5, 0.6) is 0 Å².